The third-order valence-corrected chi connectivity index (χ3v) is 5.52. The zero-order chi connectivity index (χ0) is 23.0. The third-order valence-electron chi connectivity index (χ3n) is 5.52. The third kappa shape index (κ3) is 4.22. The Balaban J connectivity index is 1.58. The second-order valence-corrected chi connectivity index (χ2v) is 9.07. The highest BCUT2D eigenvalue weighted by Gasteiger charge is 2.23. The van der Waals surface area contributed by atoms with E-state index in [1.54, 1.807) is 24.3 Å². The Hall–Kier alpha value is -3.64. The number of nitrogens with zero attached hydrogens (tertiary/aromatic N) is 2. The van der Waals surface area contributed by atoms with E-state index in [9.17, 15) is 9.90 Å². The number of nitrogen functional groups attached to an aromatic ring is 1. The highest BCUT2D eigenvalue weighted by Crippen LogP contribution is 2.28. The van der Waals surface area contributed by atoms with E-state index in [1.807, 2.05) is 74.9 Å². The van der Waals surface area contributed by atoms with Crippen molar-refractivity contribution in [3.63, 3.8) is 0 Å². The molecule has 0 spiro atoms. The highest BCUT2D eigenvalue weighted by molar-refractivity contribution is 6.02. The zero-order valence-electron chi connectivity index (χ0n) is 18.8. The Labute approximate surface area is 187 Å². The van der Waals surface area contributed by atoms with E-state index >= 15 is 0 Å². The van der Waals surface area contributed by atoms with Crippen LogP contribution in [0.1, 0.15) is 42.9 Å². The van der Waals surface area contributed by atoms with Crippen LogP contribution in [0.5, 0.6) is 0 Å². The SMILES string of the molecule is Cn1c(-c2ccc(NC(O)c3ccc(N)cc3)cc2)nc2cc(C(=O)C(C)(C)C)ccc21. The fourth-order valence-electron chi connectivity index (χ4n) is 3.67. The Kier molecular flexibility index (Phi) is 5.48. The average molecular weight is 429 g/mol. The number of ketones is 1. The minimum atomic E-state index is -0.837. The second kappa shape index (κ2) is 8.13. The zero-order valence-corrected chi connectivity index (χ0v) is 18.8. The number of carbonyl (C=O) groups is 1. The molecule has 0 fully saturated rings. The lowest BCUT2D eigenvalue weighted by Gasteiger charge is -2.16. The van der Waals surface area contributed by atoms with E-state index in [-0.39, 0.29) is 5.78 Å². The fourth-order valence-corrected chi connectivity index (χ4v) is 3.67. The van der Waals surface area contributed by atoms with Crippen LogP contribution in [0.4, 0.5) is 11.4 Å². The topological polar surface area (TPSA) is 93.2 Å². The van der Waals surface area contributed by atoms with Crippen molar-refractivity contribution in [2.24, 2.45) is 12.5 Å². The van der Waals surface area contributed by atoms with Gasteiger partial charge >= 0.3 is 0 Å². The first-order chi connectivity index (χ1) is 15.1. The quantitative estimate of drug-likeness (QED) is 0.232. The van der Waals surface area contributed by atoms with E-state index in [0.29, 0.717) is 11.3 Å². The number of aromatic nitrogens is 2. The molecule has 32 heavy (non-hydrogen) atoms. The van der Waals surface area contributed by atoms with Crippen molar-refractivity contribution >= 4 is 28.2 Å². The van der Waals surface area contributed by atoms with Gasteiger partial charge in [0.1, 0.15) is 5.82 Å². The lowest BCUT2D eigenvalue weighted by atomic mass is 9.86. The average Bonchev–Trinajstić information content (AvgIpc) is 3.09. The summed E-state index contributed by atoms with van der Waals surface area (Å²) in [5.41, 5.74) is 10.8. The summed E-state index contributed by atoms with van der Waals surface area (Å²) >= 11 is 0. The number of rotatable bonds is 5. The lowest BCUT2D eigenvalue weighted by molar-refractivity contribution is 0.0858. The Morgan fingerprint density at radius 3 is 2.31 bits per heavy atom. The summed E-state index contributed by atoms with van der Waals surface area (Å²) in [4.78, 5) is 17.4. The van der Waals surface area contributed by atoms with E-state index in [0.717, 1.165) is 33.7 Å². The number of nitrogens with two attached hydrogens (primary N) is 1. The number of carbonyl (C=O) groups excluding carboxylic acids is 1. The molecule has 1 heterocycles. The van der Waals surface area contributed by atoms with Crippen molar-refractivity contribution in [3.05, 3.63) is 77.9 Å². The van der Waals surface area contributed by atoms with Gasteiger partial charge in [0.2, 0.25) is 0 Å². The minimum absolute atomic E-state index is 0.0988. The molecule has 0 saturated carbocycles. The van der Waals surface area contributed by atoms with Crippen LogP contribution in [-0.2, 0) is 7.05 Å². The summed E-state index contributed by atoms with van der Waals surface area (Å²) in [6, 6.07) is 20.5. The van der Waals surface area contributed by atoms with Crippen LogP contribution < -0.4 is 11.1 Å². The normalized spacial score (nSPS) is 12.7. The predicted octanol–water partition coefficient (Wildman–Crippen LogP) is 5.15. The van der Waals surface area contributed by atoms with Crippen molar-refractivity contribution in [2.75, 3.05) is 11.1 Å². The largest absolute Gasteiger partial charge is 0.399 e. The molecule has 1 aromatic heterocycles. The van der Waals surface area contributed by atoms with Crippen LogP contribution in [-0.4, -0.2) is 20.4 Å². The molecule has 4 aromatic rings. The molecule has 6 heteroatoms. The molecule has 1 atom stereocenters. The number of aliphatic hydroxyl groups is 1. The molecule has 0 saturated heterocycles. The Morgan fingerprint density at radius 1 is 1.03 bits per heavy atom. The molecular formula is C26H28N4O2. The molecule has 0 radical (unpaired) electrons. The minimum Gasteiger partial charge on any atom is -0.399 e. The summed E-state index contributed by atoms with van der Waals surface area (Å²) in [7, 11) is 1.97. The van der Waals surface area contributed by atoms with E-state index in [4.69, 9.17) is 10.7 Å². The molecule has 0 amide bonds. The monoisotopic (exact) mass is 428 g/mol. The highest BCUT2D eigenvalue weighted by atomic mass is 16.3. The van der Waals surface area contributed by atoms with Crippen LogP contribution in [0.2, 0.25) is 0 Å². The van der Waals surface area contributed by atoms with Gasteiger partial charge < -0.3 is 20.7 Å². The molecule has 4 N–H and O–H groups in total. The molecule has 164 valence electrons. The van der Waals surface area contributed by atoms with Gasteiger partial charge in [-0.15, -0.1) is 0 Å². The molecule has 6 nitrogen and oxygen atoms in total. The summed E-state index contributed by atoms with van der Waals surface area (Å²) in [5.74, 6) is 0.910. The number of aryl methyl sites for hydroxylation is 1. The van der Waals surface area contributed by atoms with Gasteiger partial charge in [-0.25, -0.2) is 4.98 Å². The maximum Gasteiger partial charge on any atom is 0.168 e. The first-order valence-corrected chi connectivity index (χ1v) is 10.6. The Morgan fingerprint density at radius 2 is 1.69 bits per heavy atom. The number of hydrogen-bond donors (Lipinski definition) is 3. The summed E-state index contributed by atoms with van der Waals surface area (Å²) in [6.07, 6.45) is -0.837. The van der Waals surface area contributed by atoms with Crippen molar-refractivity contribution in [1.29, 1.82) is 0 Å². The number of Topliss-reactive ketones (excluding diaryl/α,β-unsaturated/α-hetero) is 1. The predicted molar refractivity (Wildman–Crippen MR) is 129 cm³/mol. The van der Waals surface area contributed by atoms with E-state index in [1.165, 1.54) is 0 Å². The van der Waals surface area contributed by atoms with Gasteiger partial charge in [0.15, 0.2) is 12.0 Å². The van der Waals surface area contributed by atoms with Crippen molar-refractivity contribution in [1.82, 2.24) is 9.55 Å². The van der Waals surface area contributed by atoms with Crippen LogP contribution in [0.3, 0.4) is 0 Å². The second-order valence-electron chi connectivity index (χ2n) is 9.07. The number of imidazole rings is 1. The Bertz CT molecular complexity index is 1270. The molecule has 3 aromatic carbocycles. The number of hydrogen-bond acceptors (Lipinski definition) is 5. The van der Waals surface area contributed by atoms with Crippen LogP contribution >= 0.6 is 0 Å². The number of nitrogens with one attached hydrogen (secondary N) is 1. The fraction of sp³-hybridized carbons (Fsp3) is 0.231. The lowest BCUT2D eigenvalue weighted by Crippen LogP contribution is -2.20. The van der Waals surface area contributed by atoms with Gasteiger partial charge in [-0.1, -0.05) is 32.9 Å². The number of benzene rings is 3. The summed E-state index contributed by atoms with van der Waals surface area (Å²) in [5, 5.41) is 13.5. The molecule has 0 aliphatic carbocycles. The van der Waals surface area contributed by atoms with Crippen LogP contribution in [0.15, 0.2) is 66.7 Å². The van der Waals surface area contributed by atoms with E-state index < -0.39 is 11.6 Å². The van der Waals surface area contributed by atoms with Gasteiger partial charge in [-0.3, -0.25) is 4.79 Å². The van der Waals surface area contributed by atoms with Gasteiger partial charge in [0.25, 0.3) is 0 Å². The van der Waals surface area contributed by atoms with E-state index in [2.05, 4.69) is 5.32 Å². The summed E-state index contributed by atoms with van der Waals surface area (Å²) < 4.78 is 2.02. The number of aliphatic hydroxyl groups excluding tert-OH is 1. The maximum atomic E-state index is 12.6. The first-order valence-electron chi connectivity index (χ1n) is 10.6. The summed E-state index contributed by atoms with van der Waals surface area (Å²) in [6.45, 7) is 5.76. The van der Waals surface area contributed by atoms with Crippen molar-refractivity contribution < 1.29 is 9.90 Å². The number of anilines is 2. The molecular weight excluding hydrogens is 400 g/mol. The molecule has 0 aliphatic rings. The van der Waals surface area contributed by atoms with Crippen molar-refractivity contribution in [3.8, 4) is 11.4 Å². The first kappa shape index (κ1) is 21.6. The molecule has 0 bridgehead atoms. The van der Waals surface area contributed by atoms with Crippen LogP contribution in [0, 0.1) is 5.41 Å². The van der Waals surface area contributed by atoms with Crippen LogP contribution in [0.25, 0.3) is 22.4 Å². The molecule has 1 unspecified atom stereocenters. The van der Waals surface area contributed by atoms with Gasteiger partial charge in [-0.2, -0.15) is 0 Å². The van der Waals surface area contributed by atoms with Gasteiger partial charge in [-0.05, 0) is 54.6 Å². The maximum absolute atomic E-state index is 12.6. The number of fused-ring (bicyclic) bond motifs is 1. The van der Waals surface area contributed by atoms with Crippen molar-refractivity contribution in [2.45, 2.75) is 27.0 Å². The molecule has 4 rings (SSSR count). The van der Waals surface area contributed by atoms with Gasteiger partial charge in [0.05, 0.1) is 11.0 Å². The smallest absolute Gasteiger partial charge is 0.168 e. The standard InChI is InChI=1S/C26H28N4O2/c1-26(2,3)23(31)18-9-14-22-21(15-18)29-24(30(22)4)16-7-12-20(13-8-16)28-25(32)17-5-10-19(27)11-6-17/h5-15,25,28,32H,27H2,1-4H3. The molecule has 0 aliphatic heterocycles. The van der Waals surface area contributed by atoms with Gasteiger partial charge in [0, 0.05) is 40.5 Å².